The first-order valence-electron chi connectivity index (χ1n) is 2.92. The van der Waals surface area contributed by atoms with E-state index in [9.17, 15) is 0 Å². The number of rotatable bonds is 2. The standard InChI is InChI=1S/C5H9N3O2/c1-3(9)4(6)5-7-2-8-10-5/h2-4,9H,6H2,1H3/t3-,4+/m0/s1. The second-order valence-corrected chi connectivity index (χ2v) is 2.05. The Balaban J connectivity index is 2.68. The van der Waals surface area contributed by atoms with Crippen LogP contribution in [0.4, 0.5) is 0 Å². The van der Waals surface area contributed by atoms with E-state index in [-0.39, 0.29) is 5.89 Å². The fourth-order valence-corrected chi connectivity index (χ4v) is 0.535. The van der Waals surface area contributed by atoms with E-state index in [0.29, 0.717) is 0 Å². The minimum atomic E-state index is -0.666. The summed E-state index contributed by atoms with van der Waals surface area (Å²) < 4.78 is 4.61. The molecule has 5 nitrogen and oxygen atoms in total. The van der Waals surface area contributed by atoms with Crippen molar-refractivity contribution in [1.82, 2.24) is 10.1 Å². The predicted molar refractivity (Wildman–Crippen MR) is 32.9 cm³/mol. The number of nitrogens with zero attached hydrogens (tertiary/aromatic N) is 2. The van der Waals surface area contributed by atoms with Gasteiger partial charge in [0.1, 0.15) is 6.04 Å². The Bertz CT molecular complexity index is 185. The molecule has 1 rings (SSSR count). The molecule has 0 fully saturated rings. The summed E-state index contributed by atoms with van der Waals surface area (Å²) in [4.78, 5) is 3.67. The summed E-state index contributed by atoms with van der Waals surface area (Å²) >= 11 is 0. The molecule has 1 heterocycles. The summed E-state index contributed by atoms with van der Waals surface area (Å²) in [5.74, 6) is 0.259. The summed E-state index contributed by atoms with van der Waals surface area (Å²) in [5, 5.41) is 12.3. The van der Waals surface area contributed by atoms with Crippen molar-refractivity contribution in [3.8, 4) is 0 Å². The van der Waals surface area contributed by atoms with Gasteiger partial charge in [0.15, 0.2) is 6.33 Å². The number of aliphatic hydroxyl groups excluding tert-OH is 1. The lowest BCUT2D eigenvalue weighted by Crippen LogP contribution is -2.23. The number of hydrogen-bond acceptors (Lipinski definition) is 5. The molecule has 10 heavy (non-hydrogen) atoms. The monoisotopic (exact) mass is 143 g/mol. The van der Waals surface area contributed by atoms with Crippen LogP contribution in [0.15, 0.2) is 10.9 Å². The summed E-state index contributed by atoms with van der Waals surface area (Å²) in [5.41, 5.74) is 5.44. The van der Waals surface area contributed by atoms with Crippen molar-refractivity contribution in [2.75, 3.05) is 0 Å². The van der Waals surface area contributed by atoms with Crippen LogP contribution in [0.25, 0.3) is 0 Å². The molecule has 0 saturated carbocycles. The highest BCUT2D eigenvalue weighted by molar-refractivity contribution is 4.87. The Morgan fingerprint density at radius 1 is 1.80 bits per heavy atom. The molecule has 0 bridgehead atoms. The molecule has 0 saturated heterocycles. The first kappa shape index (κ1) is 7.17. The van der Waals surface area contributed by atoms with Crippen LogP contribution >= 0.6 is 0 Å². The van der Waals surface area contributed by atoms with Gasteiger partial charge in [-0.1, -0.05) is 5.16 Å². The highest BCUT2D eigenvalue weighted by atomic mass is 16.5. The van der Waals surface area contributed by atoms with Crippen LogP contribution in [0.5, 0.6) is 0 Å². The molecule has 56 valence electrons. The van der Waals surface area contributed by atoms with Crippen molar-refractivity contribution in [2.45, 2.75) is 19.1 Å². The van der Waals surface area contributed by atoms with Crippen LogP contribution in [0.3, 0.4) is 0 Å². The van der Waals surface area contributed by atoms with E-state index in [2.05, 4.69) is 14.7 Å². The first-order valence-corrected chi connectivity index (χ1v) is 2.92. The van der Waals surface area contributed by atoms with Crippen LogP contribution in [0, 0.1) is 0 Å². The lowest BCUT2D eigenvalue weighted by molar-refractivity contribution is 0.146. The van der Waals surface area contributed by atoms with E-state index in [1.807, 2.05) is 0 Å². The number of aliphatic hydroxyl groups is 1. The van der Waals surface area contributed by atoms with Gasteiger partial charge < -0.3 is 15.4 Å². The van der Waals surface area contributed by atoms with Crippen molar-refractivity contribution < 1.29 is 9.63 Å². The van der Waals surface area contributed by atoms with Gasteiger partial charge in [-0.2, -0.15) is 4.98 Å². The zero-order valence-corrected chi connectivity index (χ0v) is 5.56. The molecule has 0 aliphatic carbocycles. The maximum absolute atomic E-state index is 8.94. The predicted octanol–water partition coefficient (Wildman–Crippen LogP) is -0.550. The zero-order valence-electron chi connectivity index (χ0n) is 5.56. The van der Waals surface area contributed by atoms with Gasteiger partial charge in [-0.25, -0.2) is 0 Å². The highest BCUT2D eigenvalue weighted by Crippen LogP contribution is 2.08. The normalized spacial score (nSPS) is 16.7. The van der Waals surface area contributed by atoms with E-state index >= 15 is 0 Å². The Labute approximate surface area is 57.8 Å². The highest BCUT2D eigenvalue weighted by Gasteiger charge is 2.16. The summed E-state index contributed by atoms with van der Waals surface area (Å²) in [6.45, 7) is 1.56. The fourth-order valence-electron chi connectivity index (χ4n) is 0.535. The van der Waals surface area contributed by atoms with E-state index in [1.54, 1.807) is 6.92 Å². The maximum atomic E-state index is 8.94. The number of aromatic nitrogens is 2. The fraction of sp³-hybridized carbons (Fsp3) is 0.600. The van der Waals surface area contributed by atoms with Gasteiger partial charge in [0, 0.05) is 0 Å². The van der Waals surface area contributed by atoms with Gasteiger partial charge in [-0.15, -0.1) is 0 Å². The van der Waals surface area contributed by atoms with Crippen LogP contribution in [0.2, 0.25) is 0 Å². The second kappa shape index (κ2) is 2.76. The second-order valence-electron chi connectivity index (χ2n) is 2.05. The van der Waals surface area contributed by atoms with Crippen molar-refractivity contribution in [2.24, 2.45) is 5.73 Å². The van der Waals surface area contributed by atoms with Crippen molar-refractivity contribution in [3.05, 3.63) is 12.2 Å². The average Bonchev–Trinajstić information content (AvgIpc) is 2.36. The molecule has 2 atom stereocenters. The van der Waals surface area contributed by atoms with Crippen LogP contribution in [-0.2, 0) is 0 Å². The number of hydrogen-bond donors (Lipinski definition) is 2. The first-order chi connectivity index (χ1) is 4.72. The molecule has 0 aromatic carbocycles. The van der Waals surface area contributed by atoms with Gasteiger partial charge in [0.25, 0.3) is 0 Å². The zero-order chi connectivity index (χ0) is 7.56. The third-order valence-electron chi connectivity index (χ3n) is 1.18. The molecular weight excluding hydrogens is 134 g/mol. The topological polar surface area (TPSA) is 85.2 Å². The quantitative estimate of drug-likeness (QED) is 0.580. The van der Waals surface area contributed by atoms with Crippen molar-refractivity contribution in [3.63, 3.8) is 0 Å². The summed E-state index contributed by atoms with van der Waals surface area (Å²) in [7, 11) is 0. The van der Waals surface area contributed by atoms with E-state index in [1.165, 1.54) is 6.33 Å². The van der Waals surface area contributed by atoms with Crippen LogP contribution in [0.1, 0.15) is 18.9 Å². The Morgan fingerprint density at radius 2 is 2.50 bits per heavy atom. The largest absolute Gasteiger partial charge is 0.391 e. The van der Waals surface area contributed by atoms with Crippen LogP contribution < -0.4 is 5.73 Å². The SMILES string of the molecule is C[C@H](O)[C@@H](N)c1ncno1. The molecule has 0 aliphatic heterocycles. The molecule has 0 spiro atoms. The minimum absolute atomic E-state index is 0.259. The Morgan fingerprint density at radius 3 is 2.90 bits per heavy atom. The van der Waals surface area contributed by atoms with E-state index < -0.39 is 12.1 Å². The Kier molecular flexibility index (Phi) is 1.98. The third-order valence-corrected chi connectivity index (χ3v) is 1.18. The maximum Gasteiger partial charge on any atom is 0.245 e. The van der Waals surface area contributed by atoms with Crippen molar-refractivity contribution in [1.29, 1.82) is 0 Å². The van der Waals surface area contributed by atoms with Gasteiger partial charge >= 0.3 is 0 Å². The summed E-state index contributed by atoms with van der Waals surface area (Å²) in [6.07, 6.45) is 0.581. The molecule has 3 N–H and O–H groups in total. The van der Waals surface area contributed by atoms with Crippen LogP contribution in [-0.4, -0.2) is 21.4 Å². The third kappa shape index (κ3) is 1.31. The molecular formula is C5H9N3O2. The average molecular weight is 143 g/mol. The minimum Gasteiger partial charge on any atom is -0.391 e. The van der Waals surface area contributed by atoms with Crippen molar-refractivity contribution >= 4 is 0 Å². The lowest BCUT2D eigenvalue weighted by atomic mass is 10.2. The molecule has 5 heteroatoms. The molecule has 0 aliphatic rings. The molecule has 0 unspecified atom stereocenters. The Hall–Kier alpha value is -0.940. The lowest BCUT2D eigenvalue weighted by Gasteiger charge is -2.07. The van der Waals surface area contributed by atoms with Gasteiger partial charge in [0.2, 0.25) is 5.89 Å². The number of nitrogens with two attached hydrogens (primary N) is 1. The molecule has 0 radical (unpaired) electrons. The molecule has 0 amide bonds. The molecule has 1 aromatic heterocycles. The summed E-state index contributed by atoms with van der Waals surface area (Å²) in [6, 6.07) is -0.581. The van der Waals surface area contributed by atoms with E-state index in [4.69, 9.17) is 10.8 Å². The van der Waals surface area contributed by atoms with E-state index in [0.717, 1.165) is 0 Å². The van der Waals surface area contributed by atoms with Gasteiger partial charge in [-0.05, 0) is 6.92 Å². The van der Waals surface area contributed by atoms with Gasteiger partial charge in [-0.3, -0.25) is 0 Å². The van der Waals surface area contributed by atoms with Gasteiger partial charge in [0.05, 0.1) is 6.10 Å². The molecule has 1 aromatic rings. The smallest absolute Gasteiger partial charge is 0.245 e.